The Kier molecular flexibility index (Phi) is 3.26. The molecule has 2 rings (SSSR count). The van der Waals surface area contributed by atoms with E-state index >= 15 is 0 Å². The molecule has 1 aromatic carbocycles. The van der Waals surface area contributed by atoms with Gasteiger partial charge in [-0.3, -0.25) is 0 Å². The van der Waals surface area contributed by atoms with Gasteiger partial charge in [-0.2, -0.15) is 0 Å². The third kappa shape index (κ3) is 1.74. The van der Waals surface area contributed by atoms with Gasteiger partial charge in [0.15, 0.2) is 0 Å². The van der Waals surface area contributed by atoms with Crippen LogP contribution in [0.3, 0.4) is 0 Å². The highest BCUT2D eigenvalue weighted by atomic mass is 32.1. The third-order valence-corrected chi connectivity index (χ3v) is 4.77. The van der Waals surface area contributed by atoms with E-state index in [0.717, 1.165) is 18.4 Å². The summed E-state index contributed by atoms with van der Waals surface area (Å²) < 4.78 is 1.26. The Labute approximate surface area is 101 Å². The first kappa shape index (κ1) is 11.6. The number of nitrogens with zero attached hydrogens (tertiary/aromatic N) is 1. The molecule has 2 N–H and O–H groups in total. The van der Waals surface area contributed by atoms with E-state index in [0.29, 0.717) is 6.54 Å². The van der Waals surface area contributed by atoms with Crippen molar-refractivity contribution in [1.82, 2.24) is 4.98 Å². The maximum absolute atomic E-state index is 5.95. The van der Waals surface area contributed by atoms with Crippen LogP contribution in [0.5, 0.6) is 0 Å². The van der Waals surface area contributed by atoms with Crippen molar-refractivity contribution in [2.45, 2.75) is 32.1 Å². The van der Waals surface area contributed by atoms with Gasteiger partial charge in [0.1, 0.15) is 5.01 Å². The summed E-state index contributed by atoms with van der Waals surface area (Å²) in [5, 5.41) is 1.20. The predicted molar refractivity (Wildman–Crippen MR) is 70.9 cm³/mol. The van der Waals surface area contributed by atoms with Crippen molar-refractivity contribution < 1.29 is 0 Å². The lowest BCUT2D eigenvalue weighted by Crippen LogP contribution is -2.33. The highest BCUT2D eigenvalue weighted by Crippen LogP contribution is 2.35. The van der Waals surface area contributed by atoms with E-state index in [1.165, 1.54) is 9.71 Å². The molecule has 0 aliphatic carbocycles. The molecule has 0 saturated heterocycles. The Balaban J connectivity index is 2.53. The van der Waals surface area contributed by atoms with Crippen LogP contribution in [0.15, 0.2) is 24.3 Å². The monoisotopic (exact) mass is 234 g/mol. The summed E-state index contributed by atoms with van der Waals surface area (Å²) in [6, 6.07) is 8.30. The van der Waals surface area contributed by atoms with Gasteiger partial charge in [0.05, 0.1) is 10.2 Å². The number of fused-ring (bicyclic) bond motifs is 1. The van der Waals surface area contributed by atoms with Crippen LogP contribution in [0.2, 0.25) is 0 Å². The first-order valence-corrected chi connectivity index (χ1v) is 6.63. The molecule has 0 atom stereocenters. The van der Waals surface area contributed by atoms with Gasteiger partial charge < -0.3 is 5.73 Å². The summed E-state index contributed by atoms with van der Waals surface area (Å²) in [5.41, 5.74) is 7.12. The fourth-order valence-electron chi connectivity index (χ4n) is 2.03. The van der Waals surface area contributed by atoms with E-state index in [1.54, 1.807) is 11.3 Å². The molecular weight excluding hydrogens is 216 g/mol. The zero-order valence-corrected chi connectivity index (χ0v) is 10.7. The minimum absolute atomic E-state index is 0.0731. The number of para-hydroxylation sites is 1. The van der Waals surface area contributed by atoms with E-state index in [2.05, 4.69) is 32.0 Å². The fraction of sp³-hybridized carbons (Fsp3) is 0.462. The van der Waals surface area contributed by atoms with Crippen molar-refractivity contribution >= 4 is 21.6 Å². The molecule has 1 aromatic heterocycles. The van der Waals surface area contributed by atoms with Crippen LogP contribution in [0.1, 0.15) is 31.7 Å². The quantitative estimate of drug-likeness (QED) is 0.881. The van der Waals surface area contributed by atoms with Gasteiger partial charge in [-0.1, -0.05) is 26.0 Å². The van der Waals surface area contributed by atoms with Crippen molar-refractivity contribution in [2.75, 3.05) is 6.54 Å². The van der Waals surface area contributed by atoms with Crippen molar-refractivity contribution in [3.8, 4) is 0 Å². The van der Waals surface area contributed by atoms with Crippen LogP contribution in [0, 0.1) is 0 Å². The number of thiazole rings is 1. The van der Waals surface area contributed by atoms with Crippen LogP contribution in [-0.2, 0) is 5.41 Å². The first-order valence-electron chi connectivity index (χ1n) is 5.82. The molecule has 0 radical (unpaired) electrons. The number of benzene rings is 1. The number of hydrogen-bond donors (Lipinski definition) is 1. The summed E-state index contributed by atoms with van der Waals surface area (Å²) >= 11 is 1.79. The Morgan fingerprint density at radius 3 is 2.50 bits per heavy atom. The predicted octanol–water partition coefficient (Wildman–Crippen LogP) is 3.31. The molecular formula is C13H18N2S. The standard InChI is InChI=1S/C13H18N2S/c1-3-13(4-2,9-14)12-15-10-7-5-6-8-11(10)16-12/h5-8H,3-4,9,14H2,1-2H3. The van der Waals surface area contributed by atoms with Gasteiger partial charge in [-0.25, -0.2) is 4.98 Å². The molecule has 0 unspecified atom stereocenters. The van der Waals surface area contributed by atoms with Gasteiger partial charge in [0.2, 0.25) is 0 Å². The van der Waals surface area contributed by atoms with Gasteiger partial charge in [0.25, 0.3) is 0 Å². The Hall–Kier alpha value is -0.930. The maximum atomic E-state index is 5.95. The number of rotatable bonds is 4. The average Bonchev–Trinajstić information content (AvgIpc) is 2.76. The molecule has 0 amide bonds. The average molecular weight is 234 g/mol. The van der Waals surface area contributed by atoms with E-state index in [9.17, 15) is 0 Å². The topological polar surface area (TPSA) is 38.9 Å². The second-order valence-electron chi connectivity index (χ2n) is 4.18. The molecule has 1 heterocycles. The van der Waals surface area contributed by atoms with Crippen molar-refractivity contribution in [3.63, 3.8) is 0 Å². The van der Waals surface area contributed by atoms with Crippen LogP contribution < -0.4 is 5.73 Å². The van der Waals surface area contributed by atoms with Crippen molar-refractivity contribution in [2.24, 2.45) is 5.73 Å². The lowest BCUT2D eigenvalue weighted by Gasteiger charge is -2.27. The summed E-state index contributed by atoms with van der Waals surface area (Å²) in [6.07, 6.45) is 2.11. The Morgan fingerprint density at radius 1 is 1.25 bits per heavy atom. The molecule has 0 spiro atoms. The van der Waals surface area contributed by atoms with Crippen LogP contribution >= 0.6 is 11.3 Å². The summed E-state index contributed by atoms with van der Waals surface area (Å²) in [6.45, 7) is 5.07. The minimum Gasteiger partial charge on any atom is -0.329 e. The van der Waals surface area contributed by atoms with Crippen LogP contribution in [-0.4, -0.2) is 11.5 Å². The molecule has 0 bridgehead atoms. The van der Waals surface area contributed by atoms with Gasteiger partial charge >= 0.3 is 0 Å². The molecule has 0 fully saturated rings. The molecule has 3 heteroatoms. The third-order valence-electron chi connectivity index (χ3n) is 3.49. The maximum Gasteiger partial charge on any atom is 0.101 e. The molecule has 2 nitrogen and oxygen atoms in total. The zero-order chi connectivity index (χ0) is 11.6. The Bertz CT molecular complexity index is 430. The molecule has 0 saturated carbocycles. The highest BCUT2D eigenvalue weighted by molar-refractivity contribution is 7.18. The fourth-order valence-corrected chi connectivity index (χ4v) is 3.33. The number of hydrogen-bond acceptors (Lipinski definition) is 3. The summed E-state index contributed by atoms with van der Waals surface area (Å²) in [4.78, 5) is 4.74. The molecule has 16 heavy (non-hydrogen) atoms. The minimum atomic E-state index is 0.0731. The van der Waals surface area contributed by atoms with Crippen LogP contribution in [0.4, 0.5) is 0 Å². The Morgan fingerprint density at radius 2 is 1.94 bits per heavy atom. The van der Waals surface area contributed by atoms with E-state index in [-0.39, 0.29) is 5.41 Å². The lowest BCUT2D eigenvalue weighted by molar-refractivity contribution is 0.405. The van der Waals surface area contributed by atoms with Crippen molar-refractivity contribution in [3.05, 3.63) is 29.3 Å². The highest BCUT2D eigenvalue weighted by Gasteiger charge is 2.30. The SMILES string of the molecule is CCC(CC)(CN)c1nc2ccccc2s1. The van der Waals surface area contributed by atoms with Crippen LogP contribution in [0.25, 0.3) is 10.2 Å². The number of nitrogens with two attached hydrogens (primary N) is 1. The summed E-state index contributed by atoms with van der Waals surface area (Å²) in [5.74, 6) is 0. The zero-order valence-electron chi connectivity index (χ0n) is 9.86. The van der Waals surface area contributed by atoms with Gasteiger partial charge in [0, 0.05) is 12.0 Å². The summed E-state index contributed by atoms with van der Waals surface area (Å²) in [7, 11) is 0. The second-order valence-corrected chi connectivity index (χ2v) is 5.21. The molecule has 0 aliphatic heterocycles. The van der Waals surface area contributed by atoms with E-state index in [1.807, 2.05) is 6.07 Å². The smallest absolute Gasteiger partial charge is 0.101 e. The van der Waals surface area contributed by atoms with Gasteiger partial charge in [-0.15, -0.1) is 11.3 Å². The molecule has 86 valence electrons. The van der Waals surface area contributed by atoms with Crippen molar-refractivity contribution in [1.29, 1.82) is 0 Å². The normalized spacial score (nSPS) is 12.2. The lowest BCUT2D eigenvalue weighted by atomic mass is 9.83. The van der Waals surface area contributed by atoms with Gasteiger partial charge in [-0.05, 0) is 25.0 Å². The molecule has 2 aromatic rings. The van der Waals surface area contributed by atoms with E-state index in [4.69, 9.17) is 10.7 Å². The second kappa shape index (κ2) is 4.52. The number of aromatic nitrogens is 1. The largest absolute Gasteiger partial charge is 0.329 e. The van der Waals surface area contributed by atoms with E-state index < -0.39 is 0 Å². The first-order chi connectivity index (χ1) is 7.75. The molecule has 0 aliphatic rings.